The minimum atomic E-state index is -0.993. The Morgan fingerprint density at radius 3 is 2.40 bits per heavy atom. The van der Waals surface area contributed by atoms with Gasteiger partial charge in [-0.1, -0.05) is 6.07 Å². The fraction of sp³-hybridized carbons (Fsp3) is 0.316. The Morgan fingerprint density at radius 2 is 1.80 bits per heavy atom. The summed E-state index contributed by atoms with van der Waals surface area (Å²) in [4.78, 5) is 29.6. The number of piperidine rings is 1. The zero-order valence-electron chi connectivity index (χ0n) is 13.9. The first-order valence-corrected chi connectivity index (χ1v) is 8.37. The second kappa shape index (κ2) is 7.90. The molecule has 1 aromatic heterocycles. The molecule has 0 radical (unpaired) electrons. The largest absolute Gasteiger partial charge is 0.478 e. The summed E-state index contributed by atoms with van der Waals surface area (Å²) in [7, 11) is 0. The number of benzene rings is 1. The third kappa shape index (κ3) is 4.64. The van der Waals surface area contributed by atoms with Crippen molar-refractivity contribution in [3.05, 3.63) is 65.5 Å². The molecule has 130 valence electrons. The van der Waals surface area contributed by atoms with E-state index in [9.17, 15) is 9.59 Å². The van der Waals surface area contributed by atoms with E-state index in [1.54, 1.807) is 18.3 Å². The first-order chi connectivity index (χ1) is 12.1. The zero-order chi connectivity index (χ0) is 17.6. The second-order valence-corrected chi connectivity index (χ2v) is 6.27. The summed E-state index contributed by atoms with van der Waals surface area (Å²) in [6.45, 7) is 2.74. The van der Waals surface area contributed by atoms with Crippen molar-refractivity contribution in [1.82, 2.24) is 15.2 Å². The number of pyridine rings is 1. The summed E-state index contributed by atoms with van der Waals surface area (Å²) in [5, 5.41) is 11.9. The molecule has 1 aliphatic heterocycles. The number of rotatable bonds is 5. The Balaban J connectivity index is 1.48. The maximum Gasteiger partial charge on any atom is 0.335 e. The van der Waals surface area contributed by atoms with Gasteiger partial charge in [-0.25, -0.2) is 4.79 Å². The van der Waals surface area contributed by atoms with E-state index in [-0.39, 0.29) is 17.5 Å². The van der Waals surface area contributed by atoms with E-state index in [2.05, 4.69) is 21.3 Å². The molecule has 3 rings (SSSR count). The summed E-state index contributed by atoms with van der Waals surface area (Å²) >= 11 is 0. The molecular weight excluding hydrogens is 318 g/mol. The van der Waals surface area contributed by atoms with Crippen molar-refractivity contribution >= 4 is 11.9 Å². The maximum absolute atomic E-state index is 12.3. The van der Waals surface area contributed by atoms with Gasteiger partial charge in [-0.15, -0.1) is 0 Å². The van der Waals surface area contributed by atoms with Crippen LogP contribution in [0.15, 0.2) is 48.8 Å². The molecule has 2 aromatic rings. The van der Waals surface area contributed by atoms with Crippen LogP contribution in [0.1, 0.15) is 39.1 Å². The molecule has 6 heteroatoms. The number of nitrogens with one attached hydrogen (secondary N) is 1. The summed E-state index contributed by atoms with van der Waals surface area (Å²) < 4.78 is 0. The Hall–Kier alpha value is -2.73. The monoisotopic (exact) mass is 339 g/mol. The van der Waals surface area contributed by atoms with Crippen LogP contribution < -0.4 is 5.32 Å². The van der Waals surface area contributed by atoms with Gasteiger partial charge in [-0.05, 0) is 48.7 Å². The molecule has 1 fully saturated rings. The number of aromatic nitrogens is 1. The van der Waals surface area contributed by atoms with Crippen molar-refractivity contribution in [3.8, 4) is 0 Å². The van der Waals surface area contributed by atoms with Gasteiger partial charge in [0.05, 0.1) is 5.56 Å². The van der Waals surface area contributed by atoms with Gasteiger partial charge in [0.2, 0.25) is 0 Å². The summed E-state index contributed by atoms with van der Waals surface area (Å²) in [6, 6.07) is 10.2. The second-order valence-electron chi connectivity index (χ2n) is 6.27. The molecule has 6 nitrogen and oxygen atoms in total. The number of nitrogens with zero attached hydrogens (tertiary/aromatic N) is 2. The van der Waals surface area contributed by atoms with Gasteiger partial charge in [0.1, 0.15) is 0 Å². The van der Waals surface area contributed by atoms with Gasteiger partial charge < -0.3 is 10.4 Å². The standard InChI is InChI=1S/C19H21N3O3/c23-18(15-3-5-16(6-4-15)19(24)25)21-17-7-10-22(11-8-17)13-14-2-1-9-20-12-14/h1-6,9,12,17H,7-8,10-11,13H2,(H,21,23)(H,24,25). The highest BCUT2D eigenvalue weighted by Crippen LogP contribution is 2.14. The van der Waals surface area contributed by atoms with Crippen molar-refractivity contribution in [2.24, 2.45) is 0 Å². The Bertz CT molecular complexity index is 723. The lowest BCUT2D eigenvalue weighted by Crippen LogP contribution is -2.44. The van der Waals surface area contributed by atoms with E-state index in [1.165, 1.54) is 17.7 Å². The highest BCUT2D eigenvalue weighted by molar-refractivity contribution is 5.96. The van der Waals surface area contributed by atoms with E-state index in [1.807, 2.05) is 12.3 Å². The van der Waals surface area contributed by atoms with Gasteiger partial charge in [0, 0.05) is 43.6 Å². The van der Waals surface area contributed by atoms with Gasteiger partial charge >= 0.3 is 5.97 Å². The fourth-order valence-corrected chi connectivity index (χ4v) is 3.02. The number of carboxylic acids is 1. The smallest absolute Gasteiger partial charge is 0.335 e. The van der Waals surface area contributed by atoms with Gasteiger partial charge in [0.15, 0.2) is 0 Å². The molecule has 2 N–H and O–H groups in total. The third-order valence-corrected chi connectivity index (χ3v) is 4.45. The number of hydrogen-bond acceptors (Lipinski definition) is 4. The van der Waals surface area contributed by atoms with Crippen molar-refractivity contribution in [1.29, 1.82) is 0 Å². The molecule has 1 amide bonds. The van der Waals surface area contributed by atoms with E-state index in [0.29, 0.717) is 5.56 Å². The van der Waals surface area contributed by atoms with E-state index >= 15 is 0 Å². The topological polar surface area (TPSA) is 82.5 Å². The van der Waals surface area contributed by atoms with Crippen LogP contribution in [-0.2, 0) is 6.54 Å². The fourth-order valence-electron chi connectivity index (χ4n) is 3.02. The van der Waals surface area contributed by atoms with Crippen LogP contribution >= 0.6 is 0 Å². The van der Waals surface area contributed by atoms with Crippen LogP contribution in [0.5, 0.6) is 0 Å². The number of likely N-dealkylation sites (tertiary alicyclic amines) is 1. The quantitative estimate of drug-likeness (QED) is 0.872. The lowest BCUT2D eigenvalue weighted by atomic mass is 10.0. The molecular formula is C19H21N3O3. The van der Waals surface area contributed by atoms with Crippen molar-refractivity contribution in [2.75, 3.05) is 13.1 Å². The molecule has 0 aliphatic carbocycles. The minimum absolute atomic E-state index is 0.150. The van der Waals surface area contributed by atoms with Crippen molar-refractivity contribution in [2.45, 2.75) is 25.4 Å². The van der Waals surface area contributed by atoms with Crippen LogP contribution in [0.25, 0.3) is 0 Å². The molecule has 0 spiro atoms. The lowest BCUT2D eigenvalue weighted by Gasteiger charge is -2.32. The first-order valence-electron chi connectivity index (χ1n) is 8.37. The summed E-state index contributed by atoms with van der Waals surface area (Å²) in [6.07, 6.45) is 5.46. The predicted octanol–water partition coefficient (Wildman–Crippen LogP) is 2.17. The Kier molecular flexibility index (Phi) is 5.40. The summed E-state index contributed by atoms with van der Waals surface area (Å²) in [5.41, 5.74) is 1.87. The van der Waals surface area contributed by atoms with Crippen LogP contribution in [0.3, 0.4) is 0 Å². The van der Waals surface area contributed by atoms with E-state index in [4.69, 9.17) is 5.11 Å². The SMILES string of the molecule is O=C(O)c1ccc(C(=O)NC2CCN(Cc3cccnc3)CC2)cc1. The molecule has 0 unspecified atom stereocenters. The molecule has 1 aromatic carbocycles. The highest BCUT2D eigenvalue weighted by Gasteiger charge is 2.21. The highest BCUT2D eigenvalue weighted by atomic mass is 16.4. The number of amides is 1. The van der Waals surface area contributed by atoms with Gasteiger partial charge in [-0.3, -0.25) is 14.7 Å². The normalized spacial score (nSPS) is 15.7. The maximum atomic E-state index is 12.3. The number of carboxylic acid groups (broad SMARTS) is 1. The van der Waals surface area contributed by atoms with Gasteiger partial charge in [0.25, 0.3) is 5.91 Å². The Labute approximate surface area is 146 Å². The average molecular weight is 339 g/mol. The van der Waals surface area contributed by atoms with Crippen molar-refractivity contribution in [3.63, 3.8) is 0 Å². The van der Waals surface area contributed by atoms with Crippen LogP contribution in [0.2, 0.25) is 0 Å². The molecule has 1 saturated heterocycles. The molecule has 0 atom stereocenters. The summed E-state index contributed by atoms with van der Waals surface area (Å²) in [5.74, 6) is -1.14. The number of carbonyl (C=O) groups excluding carboxylic acids is 1. The van der Waals surface area contributed by atoms with Crippen LogP contribution in [0, 0.1) is 0 Å². The number of hydrogen-bond donors (Lipinski definition) is 2. The molecule has 1 aliphatic rings. The van der Waals surface area contributed by atoms with E-state index < -0.39 is 5.97 Å². The molecule has 0 saturated carbocycles. The first kappa shape index (κ1) is 17.1. The minimum Gasteiger partial charge on any atom is -0.478 e. The zero-order valence-corrected chi connectivity index (χ0v) is 13.9. The van der Waals surface area contributed by atoms with E-state index in [0.717, 1.165) is 32.5 Å². The molecule has 2 heterocycles. The number of aromatic carboxylic acids is 1. The lowest BCUT2D eigenvalue weighted by molar-refractivity contribution is 0.0696. The van der Waals surface area contributed by atoms with Crippen LogP contribution in [0.4, 0.5) is 0 Å². The Morgan fingerprint density at radius 1 is 1.12 bits per heavy atom. The molecule has 0 bridgehead atoms. The van der Waals surface area contributed by atoms with Crippen molar-refractivity contribution < 1.29 is 14.7 Å². The van der Waals surface area contributed by atoms with Gasteiger partial charge in [-0.2, -0.15) is 0 Å². The number of carbonyl (C=O) groups is 2. The third-order valence-electron chi connectivity index (χ3n) is 4.45. The van der Waals surface area contributed by atoms with Crippen LogP contribution in [-0.4, -0.2) is 46.0 Å². The average Bonchev–Trinajstić information content (AvgIpc) is 2.64. The predicted molar refractivity (Wildman–Crippen MR) is 93.4 cm³/mol. The molecule has 25 heavy (non-hydrogen) atoms.